The molecule has 0 rings (SSSR count). The Hall–Kier alpha value is -0.110. The Balaban J connectivity index is 2.95. The van der Waals surface area contributed by atoms with Crippen molar-refractivity contribution >= 4 is 0 Å². The van der Waals surface area contributed by atoms with Gasteiger partial charge in [-0.2, -0.15) is 0 Å². The normalized spacial score (nSPS) is 13.7. The molecule has 2 heteroatoms. The molecule has 1 atom stereocenters. The number of unbranched alkanes of at least 4 members (excludes halogenated alkanes) is 1. The van der Waals surface area contributed by atoms with E-state index in [-0.39, 0.29) is 6.61 Å². The van der Waals surface area contributed by atoms with Gasteiger partial charge in [-0.05, 0) is 6.42 Å². The highest BCUT2D eigenvalue weighted by Crippen LogP contribution is 2.06. The van der Waals surface area contributed by atoms with Gasteiger partial charge in [0.25, 0.3) is 0 Å². The Labute approximate surface area is 55.9 Å². The zero-order valence-corrected chi connectivity index (χ0v) is 5.94. The average molecular weight is 134 g/mol. The van der Waals surface area contributed by atoms with E-state index < -0.39 is 6.17 Å². The molecule has 0 aromatic heterocycles. The summed E-state index contributed by atoms with van der Waals surface area (Å²) in [7, 11) is 0. The monoisotopic (exact) mass is 134 g/mol. The van der Waals surface area contributed by atoms with Gasteiger partial charge in [0.15, 0.2) is 0 Å². The van der Waals surface area contributed by atoms with E-state index in [0.717, 1.165) is 12.8 Å². The molecule has 0 saturated heterocycles. The fraction of sp³-hybridized carbons (Fsp3) is 1.00. The first-order valence-corrected chi connectivity index (χ1v) is 3.56. The van der Waals surface area contributed by atoms with Crippen LogP contribution in [0.4, 0.5) is 4.39 Å². The molecule has 1 N–H and O–H groups in total. The van der Waals surface area contributed by atoms with Gasteiger partial charge in [-0.15, -0.1) is 0 Å². The number of aliphatic hydroxyl groups excluding tert-OH is 1. The summed E-state index contributed by atoms with van der Waals surface area (Å²) >= 11 is 0. The Morgan fingerprint density at radius 2 is 2.11 bits per heavy atom. The van der Waals surface area contributed by atoms with Gasteiger partial charge in [-0.3, -0.25) is 0 Å². The Morgan fingerprint density at radius 1 is 1.44 bits per heavy atom. The smallest absolute Gasteiger partial charge is 0.102 e. The van der Waals surface area contributed by atoms with Crippen LogP contribution in [0.25, 0.3) is 0 Å². The van der Waals surface area contributed by atoms with Gasteiger partial charge >= 0.3 is 0 Å². The molecular weight excluding hydrogens is 119 g/mol. The summed E-state index contributed by atoms with van der Waals surface area (Å²) in [5.74, 6) is 0. The van der Waals surface area contributed by atoms with Gasteiger partial charge in [0.1, 0.15) is 6.17 Å². The molecule has 0 fully saturated rings. The lowest BCUT2D eigenvalue weighted by Gasteiger charge is -2.02. The first-order chi connectivity index (χ1) is 4.31. The van der Waals surface area contributed by atoms with E-state index in [0.29, 0.717) is 12.8 Å². The molecule has 1 nitrogen and oxygen atoms in total. The largest absolute Gasteiger partial charge is 0.396 e. The van der Waals surface area contributed by atoms with Crippen molar-refractivity contribution in [1.29, 1.82) is 0 Å². The summed E-state index contributed by atoms with van der Waals surface area (Å²) in [4.78, 5) is 0. The van der Waals surface area contributed by atoms with Crippen molar-refractivity contribution in [3.05, 3.63) is 0 Å². The summed E-state index contributed by atoms with van der Waals surface area (Å²) < 4.78 is 12.4. The molecule has 56 valence electrons. The van der Waals surface area contributed by atoms with E-state index in [1.54, 1.807) is 0 Å². The van der Waals surface area contributed by atoms with Crippen molar-refractivity contribution in [2.45, 2.75) is 38.8 Å². The summed E-state index contributed by atoms with van der Waals surface area (Å²) in [6.07, 6.45) is 2.10. The van der Waals surface area contributed by atoms with Crippen LogP contribution in [0.15, 0.2) is 0 Å². The summed E-state index contributed by atoms with van der Waals surface area (Å²) in [5, 5.41) is 8.30. The third kappa shape index (κ3) is 5.77. The van der Waals surface area contributed by atoms with Crippen LogP contribution in [-0.2, 0) is 0 Å². The second-order valence-corrected chi connectivity index (χ2v) is 2.25. The zero-order valence-electron chi connectivity index (χ0n) is 5.94. The topological polar surface area (TPSA) is 20.2 Å². The molecule has 0 unspecified atom stereocenters. The van der Waals surface area contributed by atoms with E-state index >= 15 is 0 Å². The highest BCUT2D eigenvalue weighted by molar-refractivity contribution is 4.53. The van der Waals surface area contributed by atoms with Crippen molar-refractivity contribution in [2.75, 3.05) is 6.61 Å². The third-order valence-electron chi connectivity index (χ3n) is 1.31. The predicted molar refractivity (Wildman–Crippen MR) is 36.1 cm³/mol. The number of aliphatic hydroxyl groups is 1. The SMILES string of the molecule is CCCC[C@@H](F)CCO. The minimum absolute atomic E-state index is 0.0229. The van der Waals surface area contributed by atoms with Gasteiger partial charge in [0, 0.05) is 13.0 Å². The molecule has 0 aliphatic carbocycles. The van der Waals surface area contributed by atoms with Crippen molar-refractivity contribution in [3.63, 3.8) is 0 Å². The lowest BCUT2D eigenvalue weighted by atomic mass is 10.1. The molecule has 0 radical (unpaired) electrons. The van der Waals surface area contributed by atoms with Gasteiger partial charge < -0.3 is 5.11 Å². The first kappa shape index (κ1) is 8.89. The van der Waals surface area contributed by atoms with Crippen LogP contribution < -0.4 is 0 Å². The van der Waals surface area contributed by atoms with Crippen LogP contribution in [0.5, 0.6) is 0 Å². The van der Waals surface area contributed by atoms with E-state index in [9.17, 15) is 4.39 Å². The minimum atomic E-state index is -0.782. The number of hydrogen-bond acceptors (Lipinski definition) is 1. The van der Waals surface area contributed by atoms with E-state index in [1.165, 1.54) is 0 Å². The summed E-state index contributed by atoms with van der Waals surface area (Å²) in [6, 6.07) is 0. The third-order valence-corrected chi connectivity index (χ3v) is 1.31. The molecule has 0 aliphatic heterocycles. The average Bonchev–Trinajstić information content (AvgIpc) is 1.85. The molecule has 0 aromatic carbocycles. The molecule has 0 aliphatic rings. The predicted octanol–water partition coefficient (Wildman–Crippen LogP) is 1.90. The Bertz CT molecular complexity index is 56.9. The molecule has 0 amide bonds. The van der Waals surface area contributed by atoms with Crippen molar-refractivity contribution in [1.82, 2.24) is 0 Å². The minimum Gasteiger partial charge on any atom is -0.396 e. The molecule has 0 saturated carbocycles. The molecule has 0 aromatic rings. The van der Waals surface area contributed by atoms with E-state index in [2.05, 4.69) is 0 Å². The van der Waals surface area contributed by atoms with Crippen LogP contribution >= 0.6 is 0 Å². The van der Waals surface area contributed by atoms with Crippen molar-refractivity contribution in [3.8, 4) is 0 Å². The molecule has 0 bridgehead atoms. The fourth-order valence-corrected chi connectivity index (χ4v) is 0.710. The highest BCUT2D eigenvalue weighted by atomic mass is 19.1. The Morgan fingerprint density at radius 3 is 2.56 bits per heavy atom. The van der Waals surface area contributed by atoms with Gasteiger partial charge in [-0.25, -0.2) is 4.39 Å². The maximum absolute atomic E-state index is 12.4. The molecule has 0 spiro atoms. The van der Waals surface area contributed by atoms with Crippen LogP contribution in [-0.4, -0.2) is 17.9 Å². The standard InChI is InChI=1S/C7H15FO/c1-2-3-4-7(8)5-6-9/h7,9H,2-6H2,1H3/t7-/m1/s1. The number of alkyl halides is 1. The summed E-state index contributed by atoms with van der Waals surface area (Å²) in [6.45, 7) is 2.01. The second kappa shape index (κ2) is 6.02. The van der Waals surface area contributed by atoms with Gasteiger partial charge in [0.05, 0.1) is 0 Å². The van der Waals surface area contributed by atoms with Crippen LogP contribution in [0.1, 0.15) is 32.6 Å². The zero-order chi connectivity index (χ0) is 7.11. The quantitative estimate of drug-likeness (QED) is 0.608. The van der Waals surface area contributed by atoms with Crippen LogP contribution in [0.2, 0.25) is 0 Å². The Kier molecular flexibility index (Phi) is 5.94. The number of halogens is 1. The lowest BCUT2D eigenvalue weighted by Crippen LogP contribution is -2.01. The second-order valence-electron chi connectivity index (χ2n) is 2.25. The highest BCUT2D eigenvalue weighted by Gasteiger charge is 2.02. The van der Waals surface area contributed by atoms with Crippen molar-refractivity contribution in [2.24, 2.45) is 0 Å². The summed E-state index contributed by atoms with van der Waals surface area (Å²) in [5.41, 5.74) is 0. The van der Waals surface area contributed by atoms with Crippen molar-refractivity contribution < 1.29 is 9.50 Å². The van der Waals surface area contributed by atoms with Gasteiger partial charge in [0.2, 0.25) is 0 Å². The fourth-order valence-electron chi connectivity index (χ4n) is 0.710. The van der Waals surface area contributed by atoms with E-state index in [4.69, 9.17) is 5.11 Å². The maximum Gasteiger partial charge on any atom is 0.102 e. The lowest BCUT2D eigenvalue weighted by molar-refractivity contribution is 0.210. The van der Waals surface area contributed by atoms with Crippen LogP contribution in [0, 0.1) is 0 Å². The van der Waals surface area contributed by atoms with E-state index in [1.807, 2.05) is 6.92 Å². The molecule has 9 heavy (non-hydrogen) atoms. The number of rotatable bonds is 5. The van der Waals surface area contributed by atoms with Gasteiger partial charge in [-0.1, -0.05) is 19.8 Å². The van der Waals surface area contributed by atoms with Crippen LogP contribution in [0.3, 0.4) is 0 Å². The molecular formula is C7H15FO. The number of hydrogen-bond donors (Lipinski definition) is 1. The maximum atomic E-state index is 12.4. The molecule has 0 heterocycles. The first-order valence-electron chi connectivity index (χ1n) is 3.56.